The predicted octanol–water partition coefficient (Wildman–Crippen LogP) is 3.31. The van der Waals surface area contributed by atoms with Crippen molar-refractivity contribution in [2.24, 2.45) is 0 Å². The number of aliphatic carboxylic acids is 1. The molecule has 0 amide bonds. The van der Waals surface area contributed by atoms with Gasteiger partial charge in [-0.2, -0.15) is 0 Å². The second-order valence-electron chi connectivity index (χ2n) is 5.08. The molecule has 0 bridgehead atoms. The van der Waals surface area contributed by atoms with Gasteiger partial charge in [-0.15, -0.1) is 0 Å². The second-order valence-corrected chi connectivity index (χ2v) is 5.99. The van der Waals surface area contributed by atoms with Crippen LogP contribution in [0.1, 0.15) is 43.6 Å². The van der Waals surface area contributed by atoms with E-state index in [1.165, 1.54) is 0 Å². The van der Waals surface area contributed by atoms with Crippen molar-refractivity contribution in [1.29, 1.82) is 0 Å². The Morgan fingerprint density at radius 2 is 1.83 bits per heavy atom. The first-order chi connectivity index (χ1) is 8.50. The highest BCUT2D eigenvalue weighted by molar-refractivity contribution is 9.10. The van der Waals surface area contributed by atoms with Crippen LogP contribution in [0, 0.1) is 0 Å². The Hall–Kier alpha value is -0.870. The van der Waals surface area contributed by atoms with Gasteiger partial charge in [-0.1, -0.05) is 40.9 Å². The van der Waals surface area contributed by atoms with Crippen LogP contribution in [0.15, 0.2) is 28.7 Å². The highest BCUT2D eigenvalue weighted by Crippen LogP contribution is 2.38. The number of benzene rings is 1. The number of aliphatic hydroxyl groups is 1. The van der Waals surface area contributed by atoms with Crippen molar-refractivity contribution in [2.45, 2.75) is 43.6 Å². The third-order valence-corrected chi connectivity index (χ3v) is 4.22. The lowest BCUT2D eigenvalue weighted by Crippen LogP contribution is -2.29. The van der Waals surface area contributed by atoms with E-state index in [0.29, 0.717) is 19.3 Å². The Morgan fingerprint density at radius 1 is 1.28 bits per heavy atom. The normalized spacial score (nSPS) is 19.7. The molecule has 1 aliphatic rings. The maximum atomic E-state index is 11.4. The monoisotopic (exact) mass is 312 g/mol. The van der Waals surface area contributed by atoms with E-state index in [-0.39, 0.29) is 0 Å². The van der Waals surface area contributed by atoms with Crippen LogP contribution >= 0.6 is 15.9 Å². The SMILES string of the molecule is O=C(O)C(CC1(O)CCCC1)c1ccc(Br)cc1. The maximum Gasteiger partial charge on any atom is 0.311 e. The van der Waals surface area contributed by atoms with Crippen molar-refractivity contribution in [3.8, 4) is 0 Å². The minimum atomic E-state index is -0.863. The molecule has 0 radical (unpaired) electrons. The Morgan fingerprint density at radius 3 is 2.33 bits per heavy atom. The van der Waals surface area contributed by atoms with Crippen molar-refractivity contribution in [2.75, 3.05) is 0 Å². The van der Waals surface area contributed by atoms with Crippen LogP contribution in [0.2, 0.25) is 0 Å². The number of hydrogen-bond donors (Lipinski definition) is 2. The van der Waals surface area contributed by atoms with Gasteiger partial charge in [0.15, 0.2) is 0 Å². The highest BCUT2D eigenvalue weighted by atomic mass is 79.9. The Balaban J connectivity index is 2.18. The molecule has 0 spiro atoms. The van der Waals surface area contributed by atoms with E-state index in [1.54, 1.807) is 12.1 Å². The number of hydrogen-bond acceptors (Lipinski definition) is 2. The van der Waals surface area contributed by atoms with Gasteiger partial charge in [0.25, 0.3) is 0 Å². The second kappa shape index (κ2) is 5.41. The summed E-state index contributed by atoms with van der Waals surface area (Å²) in [5, 5.41) is 19.7. The summed E-state index contributed by atoms with van der Waals surface area (Å²) < 4.78 is 0.926. The van der Waals surface area contributed by atoms with Gasteiger partial charge in [-0.25, -0.2) is 0 Å². The van der Waals surface area contributed by atoms with Crippen LogP contribution in [0.4, 0.5) is 0 Å². The average Bonchev–Trinajstić information content (AvgIpc) is 2.75. The summed E-state index contributed by atoms with van der Waals surface area (Å²) in [6.07, 6.45) is 3.72. The van der Waals surface area contributed by atoms with Crippen LogP contribution in [0.5, 0.6) is 0 Å². The molecule has 1 aromatic rings. The van der Waals surface area contributed by atoms with E-state index in [1.807, 2.05) is 12.1 Å². The largest absolute Gasteiger partial charge is 0.481 e. The van der Waals surface area contributed by atoms with Crippen LogP contribution < -0.4 is 0 Å². The number of rotatable bonds is 4. The van der Waals surface area contributed by atoms with Gasteiger partial charge in [-0.3, -0.25) is 4.79 Å². The van der Waals surface area contributed by atoms with Gasteiger partial charge in [0, 0.05) is 4.47 Å². The fourth-order valence-electron chi connectivity index (χ4n) is 2.66. The quantitative estimate of drug-likeness (QED) is 0.896. The lowest BCUT2D eigenvalue weighted by molar-refractivity contribution is -0.140. The average molecular weight is 313 g/mol. The molecule has 1 unspecified atom stereocenters. The smallest absolute Gasteiger partial charge is 0.311 e. The third kappa shape index (κ3) is 3.12. The van der Waals surface area contributed by atoms with Gasteiger partial charge in [0.2, 0.25) is 0 Å². The molecular formula is C14H17BrO3. The van der Waals surface area contributed by atoms with Crippen molar-refractivity contribution >= 4 is 21.9 Å². The molecule has 1 fully saturated rings. The van der Waals surface area contributed by atoms with Crippen molar-refractivity contribution < 1.29 is 15.0 Å². The zero-order chi connectivity index (χ0) is 13.2. The van der Waals surface area contributed by atoms with Gasteiger partial charge in [0.1, 0.15) is 0 Å². The first kappa shape index (κ1) is 13.6. The molecule has 1 atom stereocenters. The fourth-order valence-corrected chi connectivity index (χ4v) is 2.92. The Kier molecular flexibility index (Phi) is 4.07. The van der Waals surface area contributed by atoms with Gasteiger partial charge in [0.05, 0.1) is 11.5 Å². The van der Waals surface area contributed by atoms with E-state index >= 15 is 0 Å². The molecule has 1 saturated carbocycles. The van der Waals surface area contributed by atoms with Crippen LogP contribution in [-0.4, -0.2) is 21.8 Å². The summed E-state index contributed by atoms with van der Waals surface area (Å²) in [5.74, 6) is -1.49. The summed E-state index contributed by atoms with van der Waals surface area (Å²) in [4.78, 5) is 11.4. The molecular weight excluding hydrogens is 296 g/mol. The highest BCUT2D eigenvalue weighted by Gasteiger charge is 2.36. The minimum absolute atomic E-state index is 0.309. The molecule has 1 aliphatic carbocycles. The first-order valence-electron chi connectivity index (χ1n) is 6.21. The third-order valence-electron chi connectivity index (χ3n) is 3.69. The predicted molar refractivity (Wildman–Crippen MR) is 72.6 cm³/mol. The van der Waals surface area contributed by atoms with Gasteiger partial charge < -0.3 is 10.2 Å². The van der Waals surface area contributed by atoms with E-state index in [0.717, 1.165) is 22.9 Å². The van der Waals surface area contributed by atoms with Gasteiger partial charge in [-0.05, 0) is 37.0 Å². The Bertz CT molecular complexity index is 421. The van der Waals surface area contributed by atoms with Crippen molar-refractivity contribution in [3.63, 3.8) is 0 Å². The van der Waals surface area contributed by atoms with Crippen LogP contribution in [0.3, 0.4) is 0 Å². The first-order valence-corrected chi connectivity index (χ1v) is 7.00. The molecule has 0 aliphatic heterocycles. The number of carboxylic acid groups (broad SMARTS) is 1. The summed E-state index contributed by atoms with van der Waals surface area (Å²) in [7, 11) is 0. The van der Waals surface area contributed by atoms with Gasteiger partial charge >= 0.3 is 5.97 Å². The zero-order valence-corrected chi connectivity index (χ0v) is 11.7. The fraction of sp³-hybridized carbons (Fsp3) is 0.500. The molecule has 2 rings (SSSR count). The maximum absolute atomic E-state index is 11.4. The summed E-state index contributed by atoms with van der Waals surface area (Å²) in [5.41, 5.74) is -0.0399. The molecule has 18 heavy (non-hydrogen) atoms. The van der Waals surface area contributed by atoms with E-state index in [4.69, 9.17) is 0 Å². The van der Waals surface area contributed by atoms with E-state index in [2.05, 4.69) is 15.9 Å². The van der Waals surface area contributed by atoms with Crippen LogP contribution in [-0.2, 0) is 4.79 Å². The van der Waals surface area contributed by atoms with E-state index in [9.17, 15) is 15.0 Å². The van der Waals surface area contributed by atoms with E-state index < -0.39 is 17.5 Å². The lowest BCUT2D eigenvalue weighted by Gasteiger charge is -2.26. The molecule has 2 N–H and O–H groups in total. The number of carboxylic acids is 1. The topological polar surface area (TPSA) is 57.5 Å². The molecule has 0 heterocycles. The molecule has 98 valence electrons. The molecule has 0 saturated heterocycles. The van der Waals surface area contributed by atoms with Crippen molar-refractivity contribution in [1.82, 2.24) is 0 Å². The number of halogens is 1. The summed E-state index contributed by atoms with van der Waals surface area (Å²) in [6, 6.07) is 7.29. The molecule has 1 aromatic carbocycles. The standard InChI is InChI=1S/C14H17BrO3/c15-11-5-3-10(4-6-11)12(13(16)17)9-14(18)7-1-2-8-14/h3-6,12,18H,1-2,7-9H2,(H,16,17). The van der Waals surface area contributed by atoms with Crippen molar-refractivity contribution in [3.05, 3.63) is 34.3 Å². The molecule has 3 nitrogen and oxygen atoms in total. The lowest BCUT2D eigenvalue weighted by atomic mass is 9.85. The molecule has 0 aromatic heterocycles. The summed E-state index contributed by atoms with van der Waals surface area (Å²) in [6.45, 7) is 0. The summed E-state index contributed by atoms with van der Waals surface area (Å²) >= 11 is 3.33. The molecule has 4 heteroatoms. The number of carbonyl (C=O) groups is 1. The zero-order valence-electron chi connectivity index (χ0n) is 10.1. The van der Waals surface area contributed by atoms with Crippen LogP contribution in [0.25, 0.3) is 0 Å². The minimum Gasteiger partial charge on any atom is -0.481 e. The Labute approximate surface area is 115 Å².